The number of aromatic nitrogens is 1. The first-order valence-electron chi connectivity index (χ1n) is 8.15. The number of benzene rings is 2. The summed E-state index contributed by atoms with van der Waals surface area (Å²) >= 11 is 0. The van der Waals surface area contributed by atoms with Gasteiger partial charge in [-0.05, 0) is 43.2 Å². The van der Waals surface area contributed by atoms with Crippen LogP contribution in [0.15, 0.2) is 54.7 Å². The third kappa shape index (κ3) is 4.07. The van der Waals surface area contributed by atoms with Gasteiger partial charge in [-0.3, -0.25) is 9.59 Å². The Hall–Kier alpha value is -3.08. The van der Waals surface area contributed by atoms with Crippen LogP contribution >= 0.6 is 0 Å². The van der Waals surface area contributed by atoms with E-state index in [1.165, 1.54) is 0 Å². The molecule has 1 atom stereocenters. The number of hydrogen-bond donors (Lipinski definition) is 2. The average molecular weight is 336 g/mol. The van der Waals surface area contributed by atoms with Crippen LogP contribution in [0.2, 0.25) is 0 Å². The van der Waals surface area contributed by atoms with Crippen molar-refractivity contribution in [3.05, 3.63) is 65.9 Å². The zero-order chi connectivity index (χ0) is 17.8. The number of H-pyrrole nitrogens is 1. The van der Waals surface area contributed by atoms with Crippen LogP contribution in [-0.2, 0) is 20.7 Å². The summed E-state index contributed by atoms with van der Waals surface area (Å²) < 4.78 is 5.27. The first-order chi connectivity index (χ1) is 12.0. The number of anilines is 1. The van der Waals surface area contributed by atoms with Crippen LogP contribution < -0.4 is 5.32 Å². The molecular weight excluding hydrogens is 316 g/mol. The van der Waals surface area contributed by atoms with Gasteiger partial charge in [0.2, 0.25) is 0 Å². The molecule has 0 radical (unpaired) electrons. The summed E-state index contributed by atoms with van der Waals surface area (Å²) in [5.74, 6) is -0.783. The maximum Gasteiger partial charge on any atom is 0.311 e. The van der Waals surface area contributed by atoms with Crippen molar-refractivity contribution in [3.8, 4) is 0 Å². The molecular formula is C20H20N2O3. The molecule has 0 aliphatic rings. The van der Waals surface area contributed by atoms with Crippen molar-refractivity contribution in [2.24, 2.45) is 0 Å². The minimum atomic E-state index is -0.863. The van der Waals surface area contributed by atoms with Gasteiger partial charge in [0.15, 0.2) is 6.10 Å². The smallest absolute Gasteiger partial charge is 0.311 e. The van der Waals surface area contributed by atoms with Gasteiger partial charge in [-0.1, -0.05) is 30.3 Å². The quantitative estimate of drug-likeness (QED) is 0.700. The predicted octanol–water partition coefficient (Wildman–Crippen LogP) is 3.59. The number of amides is 1. The molecule has 0 unspecified atom stereocenters. The predicted molar refractivity (Wildman–Crippen MR) is 97.4 cm³/mol. The number of rotatable bonds is 5. The van der Waals surface area contributed by atoms with Crippen molar-refractivity contribution in [2.75, 3.05) is 5.32 Å². The van der Waals surface area contributed by atoms with Crippen LogP contribution in [0.25, 0.3) is 10.9 Å². The van der Waals surface area contributed by atoms with E-state index in [1.807, 2.05) is 49.4 Å². The fourth-order valence-electron chi connectivity index (χ4n) is 2.69. The van der Waals surface area contributed by atoms with E-state index in [1.54, 1.807) is 19.2 Å². The molecule has 0 fully saturated rings. The van der Waals surface area contributed by atoms with E-state index in [0.717, 1.165) is 22.0 Å². The zero-order valence-corrected chi connectivity index (χ0v) is 14.2. The Morgan fingerprint density at radius 2 is 1.96 bits per heavy atom. The molecule has 3 aromatic rings. The van der Waals surface area contributed by atoms with Crippen LogP contribution in [0.4, 0.5) is 5.69 Å². The third-order valence-corrected chi connectivity index (χ3v) is 3.97. The molecule has 3 rings (SSSR count). The molecule has 1 aromatic heterocycles. The summed E-state index contributed by atoms with van der Waals surface area (Å²) in [6, 6.07) is 15.2. The van der Waals surface area contributed by atoms with Crippen molar-refractivity contribution in [3.63, 3.8) is 0 Å². The van der Waals surface area contributed by atoms with E-state index < -0.39 is 12.1 Å². The summed E-state index contributed by atoms with van der Waals surface area (Å²) in [5.41, 5.74) is 3.55. The van der Waals surface area contributed by atoms with Gasteiger partial charge in [0.05, 0.1) is 6.42 Å². The lowest BCUT2D eigenvalue weighted by atomic mass is 10.1. The Kier molecular flexibility index (Phi) is 4.84. The third-order valence-electron chi connectivity index (χ3n) is 3.97. The average Bonchev–Trinajstić information content (AvgIpc) is 2.98. The lowest BCUT2D eigenvalue weighted by molar-refractivity contribution is -0.152. The number of aryl methyl sites for hydroxylation is 1. The van der Waals surface area contributed by atoms with Crippen LogP contribution in [0.1, 0.15) is 18.1 Å². The van der Waals surface area contributed by atoms with Gasteiger partial charge in [0, 0.05) is 22.8 Å². The van der Waals surface area contributed by atoms with Crippen molar-refractivity contribution in [1.29, 1.82) is 0 Å². The number of ether oxygens (including phenoxy) is 1. The van der Waals surface area contributed by atoms with E-state index in [2.05, 4.69) is 10.3 Å². The van der Waals surface area contributed by atoms with E-state index in [0.29, 0.717) is 5.69 Å². The highest BCUT2D eigenvalue weighted by Gasteiger charge is 2.19. The first kappa shape index (κ1) is 16.8. The molecule has 5 heteroatoms. The number of carbonyl (C=O) groups excluding carboxylic acids is 2. The van der Waals surface area contributed by atoms with E-state index >= 15 is 0 Å². The molecule has 2 N–H and O–H groups in total. The number of carbonyl (C=O) groups is 2. The molecule has 0 aliphatic carbocycles. The summed E-state index contributed by atoms with van der Waals surface area (Å²) in [7, 11) is 0. The number of esters is 1. The fourth-order valence-corrected chi connectivity index (χ4v) is 2.69. The zero-order valence-electron chi connectivity index (χ0n) is 14.2. The minimum Gasteiger partial charge on any atom is -0.452 e. The second kappa shape index (κ2) is 7.21. The number of nitrogens with one attached hydrogen (secondary N) is 2. The molecule has 25 heavy (non-hydrogen) atoms. The Balaban J connectivity index is 1.59. The Bertz CT molecular complexity index is 914. The molecule has 0 aliphatic heterocycles. The van der Waals surface area contributed by atoms with Crippen molar-refractivity contribution in [1.82, 2.24) is 4.98 Å². The second-order valence-electron chi connectivity index (χ2n) is 6.03. The highest BCUT2D eigenvalue weighted by atomic mass is 16.5. The molecule has 0 saturated carbocycles. The maximum absolute atomic E-state index is 12.2. The van der Waals surface area contributed by atoms with E-state index in [9.17, 15) is 9.59 Å². The molecule has 2 aromatic carbocycles. The lowest BCUT2D eigenvalue weighted by Crippen LogP contribution is -2.30. The number of hydrogen-bond acceptors (Lipinski definition) is 3. The molecule has 0 spiro atoms. The standard InChI is InChI=1S/C20H20N2O3/c1-13-6-5-7-16(10-13)22-20(24)14(2)25-19(23)11-15-12-21-18-9-4-3-8-17(15)18/h3-10,12,14,21H,11H2,1-2H3,(H,22,24)/t14-/m0/s1. The molecule has 0 bridgehead atoms. The SMILES string of the molecule is Cc1cccc(NC(=O)[C@H](C)OC(=O)Cc2c[nH]c3ccccc23)c1. The van der Waals surface area contributed by atoms with Gasteiger partial charge in [0.25, 0.3) is 5.91 Å². The topological polar surface area (TPSA) is 71.2 Å². The maximum atomic E-state index is 12.2. The van der Waals surface area contributed by atoms with E-state index in [-0.39, 0.29) is 12.3 Å². The monoisotopic (exact) mass is 336 g/mol. The van der Waals surface area contributed by atoms with Gasteiger partial charge in [0.1, 0.15) is 0 Å². The normalized spacial score (nSPS) is 11.9. The van der Waals surface area contributed by atoms with Crippen molar-refractivity contribution in [2.45, 2.75) is 26.4 Å². The van der Waals surface area contributed by atoms with Crippen LogP contribution in [0.3, 0.4) is 0 Å². The van der Waals surface area contributed by atoms with Gasteiger partial charge >= 0.3 is 5.97 Å². The summed E-state index contributed by atoms with van der Waals surface area (Å²) in [6.07, 6.45) is 1.05. The number of para-hydroxylation sites is 1. The number of aromatic amines is 1. The lowest BCUT2D eigenvalue weighted by Gasteiger charge is -2.13. The molecule has 1 amide bonds. The van der Waals surface area contributed by atoms with Crippen LogP contribution in [0.5, 0.6) is 0 Å². The van der Waals surface area contributed by atoms with Crippen LogP contribution in [-0.4, -0.2) is 23.0 Å². The van der Waals surface area contributed by atoms with Gasteiger partial charge in [-0.25, -0.2) is 0 Å². The second-order valence-corrected chi connectivity index (χ2v) is 6.03. The Labute approximate surface area is 146 Å². The van der Waals surface area contributed by atoms with Crippen molar-refractivity contribution >= 4 is 28.5 Å². The number of fused-ring (bicyclic) bond motifs is 1. The minimum absolute atomic E-state index is 0.117. The molecule has 128 valence electrons. The Morgan fingerprint density at radius 3 is 2.76 bits per heavy atom. The molecule has 5 nitrogen and oxygen atoms in total. The fraction of sp³-hybridized carbons (Fsp3) is 0.200. The van der Waals surface area contributed by atoms with E-state index in [4.69, 9.17) is 4.74 Å². The summed E-state index contributed by atoms with van der Waals surface area (Å²) in [5, 5.41) is 3.74. The molecule has 0 saturated heterocycles. The van der Waals surface area contributed by atoms with Gasteiger partial charge in [-0.15, -0.1) is 0 Å². The largest absolute Gasteiger partial charge is 0.452 e. The molecule has 1 heterocycles. The summed E-state index contributed by atoms with van der Waals surface area (Å²) in [6.45, 7) is 3.51. The summed E-state index contributed by atoms with van der Waals surface area (Å²) in [4.78, 5) is 27.5. The van der Waals surface area contributed by atoms with Gasteiger partial charge < -0.3 is 15.0 Å². The first-order valence-corrected chi connectivity index (χ1v) is 8.15. The van der Waals surface area contributed by atoms with Crippen LogP contribution in [0, 0.1) is 6.92 Å². The van der Waals surface area contributed by atoms with Crippen molar-refractivity contribution < 1.29 is 14.3 Å². The Morgan fingerprint density at radius 1 is 1.16 bits per heavy atom. The highest BCUT2D eigenvalue weighted by Crippen LogP contribution is 2.18. The van der Waals surface area contributed by atoms with Gasteiger partial charge in [-0.2, -0.15) is 0 Å². The highest BCUT2D eigenvalue weighted by molar-refractivity contribution is 5.95.